The van der Waals surface area contributed by atoms with E-state index in [0.29, 0.717) is 12.1 Å². The van der Waals surface area contributed by atoms with Gasteiger partial charge in [-0.05, 0) is 43.2 Å². The quantitative estimate of drug-likeness (QED) is 0.870. The standard InChI is InChI=1S/C19H20N2O4S/c1-14-3-2-4-15(13-14)9-11-20-19(23)16-5-7-17(8-6-16)21-18(22)10-12-26(21,24)25/h2-8,13H,9-12H2,1H3,(H,20,23). The number of nitrogens with zero attached hydrogens (tertiary/aromatic N) is 1. The molecule has 0 atom stereocenters. The lowest BCUT2D eigenvalue weighted by molar-refractivity contribution is -0.116. The van der Waals surface area contributed by atoms with Gasteiger partial charge in [0.25, 0.3) is 5.91 Å². The number of aryl methyl sites for hydroxylation is 1. The monoisotopic (exact) mass is 372 g/mol. The van der Waals surface area contributed by atoms with Crippen LogP contribution in [0.5, 0.6) is 0 Å². The smallest absolute Gasteiger partial charge is 0.251 e. The first kappa shape index (κ1) is 18.1. The summed E-state index contributed by atoms with van der Waals surface area (Å²) in [6, 6.07) is 14.1. The molecule has 0 aliphatic carbocycles. The van der Waals surface area contributed by atoms with Gasteiger partial charge in [0.05, 0.1) is 11.4 Å². The number of hydrogen-bond donors (Lipinski definition) is 1. The Bertz CT molecular complexity index is 936. The molecule has 1 aliphatic rings. The molecule has 2 amide bonds. The van der Waals surface area contributed by atoms with Gasteiger partial charge >= 0.3 is 0 Å². The van der Waals surface area contributed by atoms with Crippen LogP contribution in [0.25, 0.3) is 0 Å². The maximum absolute atomic E-state index is 12.2. The zero-order valence-electron chi connectivity index (χ0n) is 14.4. The van der Waals surface area contributed by atoms with Gasteiger partial charge in [0, 0.05) is 18.5 Å². The average molecular weight is 372 g/mol. The van der Waals surface area contributed by atoms with Crippen molar-refractivity contribution in [3.8, 4) is 0 Å². The third-order valence-electron chi connectivity index (χ3n) is 4.22. The summed E-state index contributed by atoms with van der Waals surface area (Å²) < 4.78 is 24.6. The Labute approximate surface area is 152 Å². The number of amides is 2. The van der Waals surface area contributed by atoms with Crippen LogP contribution >= 0.6 is 0 Å². The van der Waals surface area contributed by atoms with E-state index >= 15 is 0 Å². The van der Waals surface area contributed by atoms with Crippen LogP contribution in [-0.4, -0.2) is 32.5 Å². The maximum Gasteiger partial charge on any atom is 0.251 e. The molecule has 6 nitrogen and oxygen atoms in total. The van der Waals surface area contributed by atoms with Gasteiger partial charge in [-0.3, -0.25) is 9.59 Å². The summed E-state index contributed by atoms with van der Waals surface area (Å²) in [5.41, 5.74) is 3.01. The molecule has 26 heavy (non-hydrogen) atoms. The fraction of sp³-hybridized carbons (Fsp3) is 0.263. The molecule has 0 aromatic heterocycles. The minimum absolute atomic E-state index is 0.0104. The molecule has 1 saturated heterocycles. The minimum Gasteiger partial charge on any atom is -0.352 e. The normalized spacial score (nSPS) is 15.9. The lowest BCUT2D eigenvalue weighted by Crippen LogP contribution is -2.29. The lowest BCUT2D eigenvalue weighted by Gasteiger charge is -2.15. The Balaban J connectivity index is 1.61. The highest BCUT2D eigenvalue weighted by Crippen LogP contribution is 2.25. The number of anilines is 1. The zero-order chi connectivity index (χ0) is 18.7. The third kappa shape index (κ3) is 3.94. The van der Waals surface area contributed by atoms with Gasteiger partial charge in [-0.2, -0.15) is 0 Å². The molecule has 0 radical (unpaired) electrons. The molecule has 2 aromatic rings. The van der Waals surface area contributed by atoms with Crippen LogP contribution in [0.3, 0.4) is 0 Å². The molecule has 0 saturated carbocycles. The van der Waals surface area contributed by atoms with Crippen molar-refractivity contribution < 1.29 is 18.0 Å². The minimum atomic E-state index is -3.59. The van der Waals surface area contributed by atoms with Crippen LogP contribution in [0, 0.1) is 6.92 Å². The molecule has 0 bridgehead atoms. The molecule has 2 aromatic carbocycles. The van der Waals surface area contributed by atoms with E-state index in [4.69, 9.17) is 0 Å². The lowest BCUT2D eigenvalue weighted by atomic mass is 10.1. The highest BCUT2D eigenvalue weighted by atomic mass is 32.2. The molecule has 1 heterocycles. The van der Waals surface area contributed by atoms with Crippen molar-refractivity contribution >= 4 is 27.5 Å². The summed E-state index contributed by atoms with van der Waals surface area (Å²) in [5, 5.41) is 2.84. The van der Waals surface area contributed by atoms with Crippen molar-refractivity contribution in [1.29, 1.82) is 0 Å². The second-order valence-electron chi connectivity index (χ2n) is 6.27. The summed E-state index contributed by atoms with van der Waals surface area (Å²) in [7, 11) is -3.59. The number of carbonyl (C=O) groups excluding carboxylic acids is 2. The molecule has 1 fully saturated rings. The predicted octanol–water partition coefficient (Wildman–Crippen LogP) is 2.03. The highest BCUT2D eigenvalue weighted by molar-refractivity contribution is 7.94. The Hall–Kier alpha value is -2.67. The number of benzene rings is 2. The molecule has 136 valence electrons. The van der Waals surface area contributed by atoms with E-state index in [9.17, 15) is 18.0 Å². The molecule has 7 heteroatoms. The summed E-state index contributed by atoms with van der Waals surface area (Å²) in [4.78, 5) is 24.0. The number of rotatable bonds is 5. The SMILES string of the molecule is Cc1cccc(CCNC(=O)c2ccc(N3C(=O)CCS3(=O)=O)cc2)c1. The number of carbonyl (C=O) groups is 2. The summed E-state index contributed by atoms with van der Waals surface area (Å²) >= 11 is 0. The van der Waals surface area contributed by atoms with E-state index < -0.39 is 15.9 Å². The number of nitrogens with one attached hydrogen (secondary N) is 1. The van der Waals surface area contributed by atoms with Crippen molar-refractivity contribution in [2.45, 2.75) is 19.8 Å². The molecular weight excluding hydrogens is 352 g/mol. The zero-order valence-corrected chi connectivity index (χ0v) is 15.3. The second kappa shape index (κ2) is 7.29. The summed E-state index contributed by atoms with van der Waals surface area (Å²) in [6.07, 6.45) is 0.718. The Morgan fingerprint density at radius 3 is 2.50 bits per heavy atom. The van der Waals surface area contributed by atoms with Gasteiger partial charge in [-0.1, -0.05) is 29.8 Å². The highest BCUT2D eigenvalue weighted by Gasteiger charge is 2.36. The van der Waals surface area contributed by atoms with Gasteiger partial charge in [-0.15, -0.1) is 0 Å². The molecule has 3 rings (SSSR count). The van der Waals surface area contributed by atoms with Crippen molar-refractivity contribution in [3.63, 3.8) is 0 Å². The van der Waals surface area contributed by atoms with Crippen molar-refractivity contribution in [1.82, 2.24) is 5.32 Å². The molecule has 0 unspecified atom stereocenters. The van der Waals surface area contributed by atoms with Crippen LogP contribution in [0.2, 0.25) is 0 Å². The first-order valence-corrected chi connectivity index (χ1v) is 9.97. The van der Waals surface area contributed by atoms with Gasteiger partial charge in [-0.25, -0.2) is 12.7 Å². The van der Waals surface area contributed by atoms with Crippen LogP contribution in [-0.2, 0) is 21.2 Å². The topological polar surface area (TPSA) is 83.6 Å². The van der Waals surface area contributed by atoms with Gasteiger partial charge in [0.15, 0.2) is 0 Å². The number of sulfonamides is 1. The van der Waals surface area contributed by atoms with Gasteiger partial charge < -0.3 is 5.32 Å². The third-order valence-corrected chi connectivity index (χ3v) is 5.92. The van der Waals surface area contributed by atoms with E-state index in [1.54, 1.807) is 0 Å². The Kier molecular flexibility index (Phi) is 5.08. The Morgan fingerprint density at radius 1 is 1.15 bits per heavy atom. The Morgan fingerprint density at radius 2 is 1.88 bits per heavy atom. The van der Waals surface area contributed by atoms with E-state index in [2.05, 4.69) is 11.4 Å². The van der Waals surface area contributed by atoms with Crippen LogP contribution < -0.4 is 9.62 Å². The van der Waals surface area contributed by atoms with Crippen LogP contribution in [0.4, 0.5) is 5.69 Å². The first-order valence-electron chi connectivity index (χ1n) is 8.36. The molecular formula is C19H20N2O4S. The van der Waals surface area contributed by atoms with Gasteiger partial charge in [0.1, 0.15) is 0 Å². The largest absolute Gasteiger partial charge is 0.352 e. The predicted molar refractivity (Wildman–Crippen MR) is 99.5 cm³/mol. The fourth-order valence-electron chi connectivity index (χ4n) is 2.91. The summed E-state index contributed by atoms with van der Waals surface area (Å²) in [6.45, 7) is 2.53. The maximum atomic E-state index is 12.2. The van der Waals surface area contributed by atoms with E-state index in [-0.39, 0.29) is 23.8 Å². The van der Waals surface area contributed by atoms with E-state index in [1.807, 2.05) is 25.1 Å². The van der Waals surface area contributed by atoms with E-state index in [1.165, 1.54) is 29.8 Å². The van der Waals surface area contributed by atoms with Crippen molar-refractivity contribution in [2.24, 2.45) is 0 Å². The molecule has 0 spiro atoms. The molecule has 1 N–H and O–H groups in total. The fourth-order valence-corrected chi connectivity index (χ4v) is 4.37. The van der Waals surface area contributed by atoms with Crippen molar-refractivity contribution in [3.05, 3.63) is 65.2 Å². The number of hydrogen-bond acceptors (Lipinski definition) is 4. The van der Waals surface area contributed by atoms with E-state index in [0.717, 1.165) is 16.3 Å². The average Bonchev–Trinajstić information content (AvgIpc) is 2.88. The first-order chi connectivity index (χ1) is 12.4. The second-order valence-corrected chi connectivity index (χ2v) is 8.20. The van der Waals surface area contributed by atoms with Crippen LogP contribution in [0.15, 0.2) is 48.5 Å². The van der Waals surface area contributed by atoms with Gasteiger partial charge in [0.2, 0.25) is 15.9 Å². The van der Waals surface area contributed by atoms with Crippen LogP contribution in [0.1, 0.15) is 27.9 Å². The molecule has 1 aliphatic heterocycles. The summed E-state index contributed by atoms with van der Waals surface area (Å²) in [5.74, 6) is -0.854. The van der Waals surface area contributed by atoms with Crippen molar-refractivity contribution in [2.75, 3.05) is 16.6 Å².